The molecule has 0 radical (unpaired) electrons. The molecule has 0 heterocycles. The quantitative estimate of drug-likeness (QED) is 0.786. The molecule has 1 atom stereocenters. The summed E-state index contributed by atoms with van der Waals surface area (Å²) in [6.07, 6.45) is 2.22. The molecule has 0 aliphatic heterocycles. The van der Waals surface area contributed by atoms with Gasteiger partial charge in [-0.1, -0.05) is 44.2 Å². The van der Waals surface area contributed by atoms with E-state index in [1.807, 2.05) is 0 Å². The highest BCUT2D eigenvalue weighted by molar-refractivity contribution is 5.15. The second kappa shape index (κ2) is 6.77. The first-order valence-electron chi connectivity index (χ1n) is 6.65. The molecule has 0 aromatic heterocycles. The molecule has 17 heavy (non-hydrogen) atoms. The summed E-state index contributed by atoms with van der Waals surface area (Å²) in [5.41, 5.74) is 7.51. The second-order valence-corrected chi connectivity index (χ2v) is 4.86. The largest absolute Gasteiger partial charge is 0.329 e. The third-order valence-electron chi connectivity index (χ3n) is 3.76. The first-order chi connectivity index (χ1) is 8.16. The fourth-order valence-electron chi connectivity index (χ4n) is 2.43. The topological polar surface area (TPSA) is 29.3 Å². The number of benzene rings is 1. The van der Waals surface area contributed by atoms with Gasteiger partial charge >= 0.3 is 0 Å². The minimum atomic E-state index is 0.124. The van der Waals surface area contributed by atoms with E-state index in [2.05, 4.69) is 56.0 Å². The zero-order valence-corrected chi connectivity index (χ0v) is 11.4. The fraction of sp³-hybridized carbons (Fsp3) is 0.600. The molecular weight excluding hydrogens is 208 g/mol. The molecule has 0 bridgehead atoms. The van der Waals surface area contributed by atoms with Crippen LogP contribution in [0.5, 0.6) is 0 Å². The van der Waals surface area contributed by atoms with Gasteiger partial charge in [-0.3, -0.25) is 4.90 Å². The number of likely N-dealkylation sites (N-methyl/N-ethyl adjacent to an activating group) is 1. The maximum atomic E-state index is 5.98. The van der Waals surface area contributed by atoms with Gasteiger partial charge in [-0.25, -0.2) is 0 Å². The summed E-state index contributed by atoms with van der Waals surface area (Å²) in [5.74, 6) is 0. The Hall–Kier alpha value is -0.860. The van der Waals surface area contributed by atoms with Crippen molar-refractivity contribution in [3.63, 3.8) is 0 Å². The Morgan fingerprint density at radius 1 is 1.12 bits per heavy atom. The van der Waals surface area contributed by atoms with Crippen LogP contribution in [0.25, 0.3) is 0 Å². The van der Waals surface area contributed by atoms with E-state index in [4.69, 9.17) is 5.73 Å². The van der Waals surface area contributed by atoms with Crippen LogP contribution in [-0.2, 0) is 6.42 Å². The first-order valence-corrected chi connectivity index (χ1v) is 6.65. The minimum absolute atomic E-state index is 0.124. The molecule has 2 N–H and O–H groups in total. The molecule has 0 saturated carbocycles. The van der Waals surface area contributed by atoms with E-state index in [1.165, 1.54) is 5.56 Å². The highest BCUT2D eigenvalue weighted by Gasteiger charge is 2.27. The Balaban J connectivity index is 2.63. The minimum Gasteiger partial charge on any atom is -0.329 e. The predicted octanol–water partition coefficient (Wildman–Crippen LogP) is 2.68. The van der Waals surface area contributed by atoms with Crippen molar-refractivity contribution in [1.82, 2.24) is 4.90 Å². The van der Waals surface area contributed by atoms with Gasteiger partial charge in [0, 0.05) is 12.1 Å². The number of nitrogens with two attached hydrogens (primary N) is 1. The Kier molecular flexibility index (Phi) is 5.66. The van der Waals surface area contributed by atoms with Gasteiger partial charge in [0.15, 0.2) is 0 Å². The van der Waals surface area contributed by atoms with Crippen molar-refractivity contribution < 1.29 is 0 Å². The maximum absolute atomic E-state index is 5.98. The molecule has 0 aliphatic carbocycles. The lowest BCUT2D eigenvalue weighted by atomic mass is 9.91. The van der Waals surface area contributed by atoms with Crippen molar-refractivity contribution in [2.45, 2.75) is 39.2 Å². The number of hydrogen-bond donors (Lipinski definition) is 1. The summed E-state index contributed by atoms with van der Waals surface area (Å²) < 4.78 is 0. The second-order valence-electron chi connectivity index (χ2n) is 4.86. The van der Waals surface area contributed by atoms with Gasteiger partial charge in [0.05, 0.1) is 0 Å². The van der Waals surface area contributed by atoms with Crippen LogP contribution in [0.3, 0.4) is 0 Å². The Labute approximate surface area is 106 Å². The lowest BCUT2D eigenvalue weighted by Crippen LogP contribution is -2.51. The van der Waals surface area contributed by atoms with E-state index in [9.17, 15) is 0 Å². The van der Waals surface area contributed by atoms with Gasteiger partial charge in [0.2, 0.25) is 0 Å². The molecule has 2 heteroatoms. The van der Waals surface area contributed by atoms with Crippen molar-refractivity contribution >= 4 is 0 Å². The molecule has 1 aromatic rings. The van der Waals surface area contributed by atoms with Crippen molar-refractivity contribution in [2.24, 2.45) is 5.73 Å². The Morgan fingerprint density at radius 3 is 2.18 bits per heavy atom. The number of rotatable bonds is 7. The van der Waals surface area contributed by atoms with E-state index in [0.29, 0.717) is 0 Å². The molecule has 0 spiro atoms. The molecule has 0 amide bonds. The summed E-state index contributed by atoms with van der Waals surface area (Å²) in [5, 5.41) is 0. The third kappa shape index (κ3) is 3.83. The van der Waals surface area contributed by atoms with Gasteiger partial charge in [0.1, 0.15) is 0 Å². The van der Waals surface area contributed by atoms with Crippen LogP contribution in [0.2, 0.25) is 0 Å². The summed E-state index contributed by atoms with van der Waals surface area (Å²) in [6, 6.07) is 10.7. The lowest BCUT2D eigenvalue weighted by molar-refractivity contribution is 0.115. The number of aryl methyl sites for hydroxylation is 1. The van der Waals surface area contributed by atoms with E-state index in [0.717, 1.165) is 32.5 Å². The Bertz CT molecular complexity index is 306. The van der Waals surface area contributed by atoms with Gasteiger partial charge in [-0.2, -0.15) is 0 Å². The van der Waals surface area contributed by atoms with Crippen LogP contribution >= 0.6 is 0 Å². The molecule has 0 saturated heterocycles. The lowest BCUT2D eigenvalue weighted by Gasteiger charge is -2.39. The van der Waals surface area contributed by atoms with Crippen molar-refractivity contribution in [3.8, 4) is 0 Å². The summed E-state index contributed by atoms with van der Waals surface area (Å²) in [7, 11) is 0. The fourth-order valence-corrected chi connectivity index (χ4v) is 2.43. The SMILES string of the molecule is CCN(CC)C(C)(CN)CCc1ccccc1. The number of hydrogen-bond acceptors (Lipinski definition) is 2. The average molecular weight is 234 g/mol. The van der Waals surface area contributed by atoms with Crippen LogP contribution in [0.15, 0.2) is 30.3 Å². The van der Waals surface area contributed by atoms with Crippen molar-refractivity contribution in [3.05, 3.63) is 35.9 Å². The zero-order chi connectivity index (χ0) is 12.7. The van der Waals surface area contributed by atoms with Gasteiger partial charge in [-0.05, 0) is 38.4 Å². The molecule has 1 rings (SSSR count). The standard InChI is InChI=1S/C15H26N2/c1-4-17(5-2)15(3,13-16)12-11-14-9-7-6-8-10-14/h6-10H,4-5,11-13,16H2,1-3H3. The normalized spacial score (nSPS) is 14.9. The first kappa shape index (κ1) is 14.2. The summed E-state index contributed by atoms with van der Waals surface area (Å²) in [4.78, 5) is 2.47. The number of nitrogens with zero attached hydrogens (tertiary/aromatic N) is 1. The van der Waals surface area contributed by atoms with E-state index < -0.39 is 0 Å². The predicted molar refractivity (Wildman–Crippen MR) is 75.1 cm³/mol. The molecule has 0 aliphatic rings. The molecular formula is C15H26N2. The third-order valence-corrected chi connectivity index (χ3v) is 3.76. The monoisotopic (exact) mass is 234 g/mol. The van der Waals surface area contributed by atoms with Crippen LogP contribution in [-0.4, -0.2) is 30.1 Å². The van der Waals surface area contributed by atoms with Gasteiger partial charge in [0.25, 0.3) is 0 Å². The highest BCUT2D eigenvalue weighted by Crippen LogP contribution is 2.20. The molecule has 2 nitrogen and oxygen atoms in total. The molecule has 96 valence electrons. The smallest absolute Gasteiger partial charge is 0.0306 e. The Morgan fingerprint density at radius 2 is 1.71 bits per heavy atom. The average Bonchev–Trinajstić information content (AvgIpc) is 2.39. The van der Waals surface area contributed by atoms with Crippen LogP contribution in [0, 0.1) is 0 Å². The maximum Gasteiger partial charge on any atom is 0.0306 e. The van der Waals surface area contributed by atoms with E-state index in [1.54, 1.807) is 0 Å². The molecule has 0 fully saturated rings. The van der Waals surface area contributed by atoms with Crippen LogP contribution in [0.1, 0.15) is 32.8 Å². The van der Waals surface area contributed by atoms with Gasteiger partial charge < -0.3 is 5.73 Å². The summed E-state index contributed by atoms with van der Waals surface area (Å²) >= 11 is 0. The van der Waals surface area contributed by atoms with Crippen LogP contribution < -0.4 is 5.73 Å². The van der Waals surface area contributed by atoms with E-state index >= 15 is 0 Å². The van der Waals surface area contributed by atoms with E-state index in [-0.39, 0.29) is 5.54 Å². The van der Waals surface area contributed by atoms with Gasteiger partial charge in [-0.15, -0.1) is 0 Å². The zero-order valence-electron chi connectivity index (χ0n) is 11.4. The van der Waals surface area contributed by atoms with Crippen molar-refractivity contribution in [1.29, 1.82) is 0 Å². The highest BCUT2D eigenvalue weighted by atomic mass is 15.2. The van der Waals surface area contributed by atoms with Crippen molar-refractivity contribution in [2.75, 3.05) is 19.6 Å². The molecule has 1 unspecified atom stereocenters. The molecule has 1 aromatic carbocycles. The van der Waals surface area contributed by atoms with Crippen LogP contribution in [0.4, 0.5) is 0 Å². The summed E-state index contributed by atoms with van der Waals surface area (Å²) in [6.45, 7) is 9.56.